The molecule has 1 aromatic carbocycles. The Morgan fingerprint density at radius 1 is 1.41 bits per heavy atom. The third-order valence-corrected chi connectivity index (χ3v) is 3.46. The standard InChI is InChI=1S/C12H13BrFN3/c1-7-5-8(2)17(16-7)10-4-3-9(6-15)11(13)12(10)14/h3-5H,6,15H2,1-2H3. The van der Waals surface area contributed by atoms with Crippen LogP contribution in [0.1, 0.15) is 17.0 Å². The Bertz CT molecular complexity index is 563. The molecule has 0 amide bonds. The van der Waals surface area contributed by atoms with Crippen molar-refractivity contribution >= 4 is 15.9 Å². The van der Waals surface area contributed by atoms with E-state index in [1.807, 2.05) is 19.9 Å². The van der Waals surface area contributed by atoms with Gasteiger partial charge in [-0.15, -0.1) is 0 Å². The number of benzene rings is 1. The van der Waals surface area contributed by atoms with Crippen molar-refractivity contribution in [1.82, 2.24) is 9.78 Å². The van der Waals surface area contributed by atoms with E-state index in [9.17, 15) is 4.39 Å². The molecule has 2 aromatic rings. The smallest absolute Gasteiger partial charge is 0.163 e. The largest absolute Gasteiger partial charge is 0.326 e. The maximum Gasteiger partial charge on any atom is 0.163 e. The Balaban J connectivity index is 2.61. The molecule has 0 aliphatic rings. The summed E-state index contributed by atoms with van der Waals surface area (Å²) in [5, 5.41) is 4.26. The lowest BCUT2D eigenvalue weighted by Gasteiger charge is -2.09. The first-order valence-electron chi connectivity index (χ1n) is 5.25. The van der Waals surface area contributed by atoms with Gasteiger partial charge in [0.2, 0.25) is 0 Å². The van der Waals surface area contributed by atoms with Crippen molar-refractivity contribution in [2.24, 2.45) is 5.73 Å². The van der Waals surface area contributed by atoms with Crippen LogP contribution < -0.4 is 5.73 Å². The minimum absolute atomic E-state index is 0.300. The van der Waals surface area contributed by atoms with Crippen molar-refractivity contribution < 1.29 is 4.39 Å². The molecule has 0 unspecified atom stereocenters. The van der Waals surface area contributed by atoms with Gasteiger partial charge in [-0.3, -0.25) is 0 Å². The molecule has 0 fully saturated rings. The lowest BCUT2D eigenvalue weighted by molar-refractivity contribution is 0.599. The summed E-state index contributed by atoms with van der Waals surface area (Å²) in [6.07, 6.45) is 0. The fraction of sp³-hybridized carbons (Fsp3) is 0.250. The van der Waals surface area contributed by atoms with E-state index in [2.05, 4.69) is 21.0 Å². The van der Waals surface area contributed by atoms with Gasteiger partial charge in [0.15, 0.2) is 5.82 Å². The Hall–Kier alpha value is -1.20. The van der Waals surface area contributed by atoms with E-state index >= 15 is 0 Å². The zero-order valence-electron chi connectivity index (χ0n) is 9.67. The van der Waals surface area contributed by atoms with Crippen molar-refractivity contribution in [2.75, 3.05) is 0 Å². The molecule has 2 rings (SSSR count). The molecule has 0 saturated heterocycles. The lowest BCUT2D eigenvalue weighted by Crippen LogP contribution is -2.06. The van der Waals surface area contributed by atoms with Crippen LogP contribution in [0.3, 0.4) is 0 Å². The highest BCUT2D eigenvalue weighted by atomic mass is 79.9. The molecule has 0 bridgehead atoms. The van der Waals surface area contributed by atoms with Crippen LogP contribution >= 0.6 is 15.9 Å². The first kappa shape index (κ1) is 12.3. The molecule has 0 spiro atoms. The molecule has 1 heterocycles. The van der Waals surface area contributed by atoms with Gasteiger partial charge in [-0.1, -0.05) is 6.07 Å². The summed E-state index contributed by atoms with van der Waals surface area (Å²) in [5.41, 5.74) is 8.46. The monoisotopic (exact) mass is 297 g/mol. The Kier molecular flexibility index (Phi) is 3.31. The van der Waals surface area contributed by atoms with Crippen LogP contribution in [0, 0.1) is 19.7 Å². The molecule has 0 radical (unpaired) electrons. The van der Waals surface area contributed by atoms with E-state index in [1.54, 1.807) is 16.8 Å². The Morgan fingerprint density at radius 3 is 2.65 bits per heavy atom. The van der Waals surface area contributed by atoms with Gasteiger partial charge in [-0.2, -0.15) is 5.10 Å². The van der Waals surface area contributed by atoms with Crippen molar-refractivity contribution in [3.8, 4) is 5.69 Å². The van der Waals surface area contributed by atoms with Gasteiger partial charge in [0.1, 0.15) is 5.69 Å². The van der Waals surface area contributed by atoms with Crippen LogP contribution in [0.15, 0.2) is 22.7 Å². The second kappa shape index (κ2) is 4.58. The van der Waals surface area contributed by atoms with Crippen molar-refractivity contribution in [3.05, 3.63) is 45.4 Å². The maximum absolute atomic E-state index is 14.2. The quantitative estimate of drug-likeness (QED) is 0.926. The van der Waals surface area contributed by atoms with E-state index in [0.717, 1.165) is 17.0 Å². The summed E-state index contributed by atoms with van der Waals surface area (Å²) in [5.74, 6) is -0.334. The van der Waals surface area contributed by atoms with Crippen molar-refractivity contribution in [3.63, 3.8) is 0 Å². The van der Waals surface area contributed by atoms with Gasteiger partial charge >= 0.3 is 0 Å². The highest BCUT2D eigenvalue weighted by Gasteiger charge is 2.14. The fourth-order valence-corrected chi connectivity index (χ4v) is 2.27. The fourth-order valence-electron chi connectivity index (χ4n) is 1.77. The van der Waals surface area contributed by atoms with E-state index in [4.69, 9.17) is 5.73 Å². The summed E-state index contributed by atoms with van der Waals surface area (Å²) in [4.78, 5) is 0. The molecule has 1 aromatic heterocycles. The molecule has 5 heteroatoms. The molecule has 3 nitrogen and oxygen atoms in total. The van der Waals surface area contributed by atoms with Crippen LogP contribution in [-0.4, -0.2) is 9.78 Å². The van der Waals surface area contributed by atoms with Gasteiger partial charge in [-0.25, -0.2) is 9.07 Å². The number of halogens is 2. The molecule has 0 saturated carbocycles. The third kappa shape index (κ3) is 2.12. The highest BCUT2D eigenvalue weighted by Crippen LogP contribution is 2.26. The van der Waals surface area contributed by atoms with Crippen LogP contribution in [0.5, 0.6) is 0 Å². The number of aryl methyl sites for hydroxylation is 2. The summed E-state index contributed by atoms with van der Waals surface area (Å²) in [7, 11) is 0. The average molecular weight is 298 g/mol. The first-order valence-corrected chi connectivity index (χ1v) is 6.04. The van der Waals surface area contributed by atoms with E-state index in [1.165, 1.54) is 0 Å². The summed E-state index contributed by atoms with van der Waals surface area (Å²) < 4.78 is 16.2. The normalized spacial score (nSPS) is 10.9. The maximum atomic E-state index is 14.2. The number of nitrogens with two attached hydrogens (primary N) is 1. The minimum atomic E-state index is -0.334. The van der Waals surface area contributed by atoms with Gasteiger partial charge in [-0.05, 0) is 47.5 Å². The van der Waals surface area contributed by atoms with Crippen LogP contribution in [-0.2, 0) is 6.54 Å². The molecule has 17 heavy (non-hydrogen) atoms. The van der Waals surface area contributed by atoms with Crippen molar-refractivity contribution in [1.29, 1.82) is 0 Å². The molecule has 2 N–H and O–H groups in total. The molecule has 0 aliphatic heterocycles. The zero-order chi connectivity index (χ0) is 12.6. The third-order valence-electron chi connectivity index (χ3n) is 2.60. The van der Waals surface area contributed by atoms with Gasteiger partial charge in [0, 0.05) is 12.2 Å². The van der Waals surface area contributed by atoms with E-state index in [0.29, 0.717) is 16.7 Å². The van der Waals surface area contributed by atoms with Crippen molar-refractivity contribution in [2.45, 2.75) is 20.4 Å². The van der Waals surface area contributed by atoms with E-state index in [-0.39, 0.29) is 5.82 Å². The SMILES string of the molecule is Cc1cc(C)n(-c2ccc(CN)c(Br)c2F)n1. The average Bonchev–Trinajstić information content (AvgIpc) is 2.62. The van der Waals surface area contributed by atoms with Crippen LogP contribution in [0.25, 0.3) is 5.69 Å². The second-order valence-corrected chi connectivity index (χ2v) is 4.71. The summed E-state index contributed by atoms with van der Waals surface area (Å²) >= 11 is 3.22. The Morgan fingerprint density at radius 2 is 2.12 bits per heavy atom. The first-order chi connectivity index (χ1) is 8.04. The predicted molar refractivity (Wildman–Crippen MR) is 68.6 cm³/mol. The lowest BCUT2D eigenvalue weighted by atomic mass is 10.2. The van der Waals surface area contributed by atoms with E-state index < -0.39 is 0 Å². The number of nitrogens with zero attached hydrogens (tertiary/aromatic N) is 2. The molecule has 0 aliphatic carbocycles. The zero-order valence-corrected chi connectivity index (χ0v) is 11.3. The number of aromatic nitrogens is 2. The molecule has 0 atom stereocenters. The number of hydrogen-bond acceptors (Lipinski definition) is 2. The van der Waals surface area contributed by atoms with Gasteiger partial charge < -0.3 is 5.73 Å². The van der Waals surface area contributed by atoms with Crippen LogP contribution in [0.2, 0.25) is 0 Å². The highest BCUT2D eigenvalue weighted by molar-refractivity contribution is 9.10. The molecular weight excluding hydrogens is 285 g/mol. The molecule has 90 valence electrons. The number of rotatable bonds is 2. The van der Waals surface area contributed by atoms with Gasteiger partial charge in [0.05, 0.1) is 10.2 Å². The van der Waals surface area contributed by atoms with Crippen LogP contribution in [0.4, 0.5) is 4.39 Å². The number of hydrogen-bond donors (Lipinski definition) is 1. The van der Waals surface area contributed by atoms with Gasteiger partial charge in [0.25, 0.3) is 0 Å². The summed E-state index contributed by atoms with van der Waals surface area (Å²) in [6, 6.07) is 5.41. The predicted octanol–water partition coefficient (Wildman–Crippen LogP) is 2.85. The Labute approximate surface area is 108 Å². The minimum Gasteiger partial charge on any atom is -0.326 e. The second-order valence-electron chi connectivity index (χ2n) is 3.91. The topological polar surface area (TPSA) is 43.8 Å². The summed E-state index contributed by atoms with van der Waals surface area (Å²) in [6.45, 7) is 4.07. The molecular formula is C12H13BrFN3.